The summed E-state index contributed by atoms with van der Waals surface area (Å²) in [6.07, 6.45) is 1.52. The lowest BCUT2D eigenvalue weighted by Crippen LogP contribution is -2.43. The Bertz CT molecular complexity index is 1440. The van der Waals surface area contributed by atoms with Crippen LogP contribution >= 0.6 is 0 Å². The number of nitrogens with two attached hydrogens (primary N) is 1. The van der Waals surface area contributed by atoms with Gasteiger partial charge in [0, 0.05) is 35.3 Å². The van der Waals surface area contributed by atoms with Crippen molar-refractivity contribution in [2.75, 3.05) is 10.6 Å². The minimum absolute atomic E-state index is 0.0198. The van der Waals surface area contributed by atoms with Crippen LogP contribution in [0.2, 0.25) is 0 Å². The second-order valence-corrected chi connectivity index (χ2v) is 7.95. The lowest BCUT2D eigenvalue weighted by molar-refractivity contribution is -0.130. The molecule has 0 aliphatic rings. The molecule has 0 bridgehead atoms. The molecule has 4 aromatic rings. The zero-order valence-electron chi connectivity index (χ0n) is 18.3. The van der Waals surface area contributed by atoms with Crippen molar-refractivity contribution < 1.29 is 22.7 Å². The molecule has 176 valence electrons. The molecule has 2 aromatic carbocycles. The molecular weight excluding hydrogens is 450 g/mol. The third-order valence-corrected chi connectivity index (χ3v) is 4.86. The highest BCUT2D eigenvalue weighted by Crippen LogP contribution is 2.30. The van der Waals surface area contributed by atoms with E-state index in [4.69, 9.17) is 14.9 Å². The van der Waals surface area contributed by atoms with Crippen LogP contribution in [-0.2, 0) is 4.79 Å². The van der Waals surface area contributed by atoms with E-state index >= 15 is 0 Å². The number of primary amides is 1. The molecule has 5 N–H and O–H groups in total. The van der Waals surface area contributed by atoms with E-state index in [0.717, 1.165) is 12.1 Å². The summed E-state index contributed by atoms with van der Waals surface area (Å²) in [5.41, 5.74) is 5.84. The van der Waals surface area contributed by atoms with E-state index in [2.05, 4.69) is 25.6 Å². The zero-order valence-corrected chi connectivity index (χ0v) is 18.3. The van der Waals surface area contributed by atoms with Crippen LogP contribution in [0.5, 0.6) is 5.75 Å². The van der Waals surface area contributed by atoms with E-state index in [1.54, 1.807) is 25.1 Å². The molecule has 0 unspecified atom stereocenters. The van der Waals surface area contributed by atoms with Crippen LogP contribution in [0.1, 0.15) is 19.4 Å². The second-order valence-electron chi connectivity index (χ2n) is 7.95. The Morgan fingerprint density at radius 3 is 2.53 bits per heavy atom. The highest BCUT2D eigenvalue weighted by molar-refractivity contribution is 5.83. The van der Waals surface area contributed by atoms with Crippen molar-refractivity contribution in [2.24, 2.45) is 5.73 Å². The van der Waals surface area contributed by atoms with Crippen molar-refractivity contribution in [3.63, 3.8) is 0 Å². The van der Waals surface area contributed by atoms with Gasteiger partial charge < -0.3 is 25.5 Å². The Balaban J connectivity index is 1.57. The van der Waals surface area contributed by atoms with Gasteiger partial charge in [-0.05, 0) is 39.0 Å². The second kappa shape index (κ2) is 8.46. The Hall–Kier alpha value is -4.48. The molecule has 0 spiro atoms. The molecule has 2 heterocycles. The van der Waals surface area contributed by atoms with Gasteiger partial charge >= 0.3 is 5.76 Å². The highest BCUT2D eigenvalue weighted by Gasteiger charge is 2.30. The molecule has 0 atom stereocenters. The number of nitrogens with one attached hydrogen (secondary N) is 3. The predicted octanol–water partition coefficient (Wildman–Crippen LogP) is 3.63. The molecule has 0 aliphatic carbocycles. The Labute approximate surface area is 191 Å². The number of carbonyl (C=O) groups is 1. The molecular formula is C22H20F2N6O4. The fourth-order valence-corrected chi connectivity index (χ4v) is 2.96. The Morgan fingerprint density at radius 1 is 1.15 bits per heavy atom. The van der Waals surface area contributed by atoms with Crippen LogP contribution in [-0.4, -0.2) is 26.5 Å². The summed E-state index contributed by atoms with van der Waals surface area (Å²) in [6, 6.07) is 6.96. The number of amides is 1. The first-order valence-corrected chi connectivity index (χ1v) is 10.0. The van der Waals surface area contributed by atoms with E-state index < -0.39 is 34.6 Å². The molecule has 12 heteroatoms. The van der Waals surface area contributed by atoms with Crippen LogP contribution in [0.3, 0.4) is 0 Å². The molecule has 0 aliphatic heterocycles. The topological polar surface area (TPSA) is 148 Å². The number of halogens is 2. The van der Waals surface area contributed by atoms with Crippen molar-refractivity contribution in [2.45, 2.75) is 26.4 Å². The third kappa shape index (κ3) is 4.65. The molecule has 0 radical (unpaired) electrons. The number of carbonyl (C=O) groups excluding carboxylic acids is 1. The summed E-state index contributed by atoms with van der Waals surface area (Å²) in [4.78, 5) is 33.8. The number of aryl methyl sites for hydroxylation is 1. The molecule has 0 fully saturated rings. The van der Waals surface area contributed by atoms with Gasteiger partial charge in [-0.25, -0.2) is 18.6 Å². The van der Waals surface area contributed by atoms with Gasteiger partial charge in [0.1, 0.15) is 5.82 Å². The summed E-state index contributed by atoms with van der Waals surface area (Å²) in [5.74, 6) is -3.75. The SMILES string of the molecule is Cc1cnc(Nc2cc(F)c(OC(C)(C)C(N)=O)c(F)c2)nc1Nc1ccc2oc(=O)[nH]c2c1. The minimum Gasteiger partial charge on any atom is -0.472 e. The number of H-pyrrole nitrogens is 1. The first kappa shape index (κ1) is 22.7. The van der Waals surface area contributed by atoms with Crippen LogP contribution in [0.25, 0.3) is 11.1 Å². The molecule has 10 nitrogen and oxygen atoms in total. The van der Waals surface area contributed by atoms with Crippen LogP contribution in [0.4, 0.5) is 31.9 Å². The third-order valence-electron chi connectivity index (χ3n) is 4.86. The first-order chi connectivity index (χ1) is 16.0. The molecule has 34 heavy (non-hydrogen) atoms. The number of anilines is 4. The lowest BCUT2D eigenvalue weighted by Gasteiger charge is -2.23. The predicted molar refractivity (Wildman–Crippen MR) is 120 cm³/mol. The van der Waals surface area contributed by atoms with E-state index in [1.165, 1.54) is 20.0 Å². The number of nitrogens with zero attached hydrogens (tertiary/aromatic N) is 2. The first-order valence-electron chi connectivity index (χ1n) is 10.0. The van der Waals surface area contributed by atoms with Crippen molar-refractivity contribution in [3.05, 3.63) is 64.3 Å². The zero-order chi connectivity index (χ0) is 24.6. The number of aromatic nitrogens is 3. The van der Waals surface area contributed by atoms with Crippen LogP contribution in [0.15, 0.2) is 45.7 Å². The van der Waals surface area contributed by atoms with E-state index in [-0.39, 0.29) is 11.6 Å². The number of hydrogen-bond donors (Lipinski definition) is 4. The summed E-state index contributed by atoms with van der Waals surface area (Å²) >= 11 is 0. The summed E-state index contributed by atoms with van der Waals surface area (Å²) in [6.45, 7) is 4.38. The standard InChI is InChI=1S/C22H20F2N6O4/c1-10-9-26-20(30-18(10)27-11-4-5-16-15(8-11)29-21(32)33-16)28-12-6-13(23)17(14(24)7-12)34-22(2,3)19(25)31/h4-9H,1-3H3,(H2,25,31)(H,29,32)(H2,26,27,28,30). The largest absolute Gasteiger partial charge is 0.472 e. The number of rotatable bonds is 7. The van der Waals surface area contributed by atoms with E-state index in [1.807, 2.05) is 0 Å². The number of benzene rings is 2. The summed E-state index contributed by atoms with van der Waals surface area (Å²) in [7, 11) is 0. The minimum atomic E-state index is -1.61. The van der Waals surface area contributed by atoms with Gasteiger partial charge in [-0.3, -0.25) is 9.78 Å². The number of hydrogen-bond acceptors (Lipinski definition) is 8. The van der Waals surface area contributed by atoms with Gasteiger partial charge in [-0.2, -0.15) is 4.98 Å². The lowest BCUT2D eigenvalue weighted by atomic mass is 10.1. The molecule has 4 rings (SSSR count). The van der Waals surface area contributed by atoms with Crippen molar-refractivity contribution in [3.8, 4) is 5.75 Å². The van der Waals surface area contributed by atoms with Gasteiger partial charge in [0.05, 0.1) is 5.52 Å². The van der Waals surface area contributed by atoms with Gasteiger partial charge in [-0.15, -0.1) is 0 Å². The maximum atomic E-state index is 14.5. The van der Waals surface area contributed by atoms with E-state index in [0.29, 0.717) is 28.2 Å². The molecule has 2 aromatic heterocycles. The summed E-state index contributed by atoms with van der Waals surface area (Å²) < 4.78 is 39.2. The van der Waals surface area contributed by atoms with Gasteiger partial charge in [0.25, 0.3) is 5.91 Å². The average molecular weight is 470 g/mol. The normalized spacial score (nSPS) is 11.4. The number of aromatic amines is 1. The quantitative estimate of drug-likeness (QED) is 0.320. The molecule has 0 saturated carbocycles. The molecule has 0 saturated heterocycles. The number of fused-ring (bicyclic) bond motifs is 1. The fourth-order valence-electron chi connectivity index (χ4n) is 2.96. The average Bonchev–Trinajstić information content (AvgIpc) is 3.12. The van der Waals surface area contributed by atoms with Gasteiger partial charge in [0.2, 0.25) is 5.95 Å². The highest BCUT2D eigenvalue weighted by atomic mass is 19.1. The smallest absolute Gasteiger partial charge is 0.417 e. The fraction of sp³-hybridized carbons (Fsp3) is 0.182. The number of ether oxygens (including phenoxy) is 1. The summed E-state index contributed by atoms with van der Waals surface area (Å²) in [5, 5.41) is 5.83. The Morgan fingerprint density at radius 2 is 1.85 bits per heavy atom. The Kier molecular flexibility index (Phi) is 5.65. The van der Waals surface area contributed by atoms with Crippen LogP contribution in [0, 0.1) is 18.6 Å². The van der Waals surface area contributed by atoms with Crippen molar-refractivity contribution >= 4 is 40.1 Å². The van der Waals surface area contributed by atoms with Crippen molar-refractivity contribution in [1.82, 2.24) is 15.0 Å². The maximum absolute atomic E-state index is 14.5. The number of oxazole rings is 1. The maximum Gasteiger partial charge on any atom is 0.417 e. The van der Waals surface area contributed by atoms with Gasteiger partial charge in [0.15, 0.2) is 28.6 Å². The van der Waals surface area contributed by atoms with Gasteiger partial charge in [-0.1, -0.05) is 0 Å². The van der Waals surface area contributed by atoms with Crippen molar-refractivity contribution in [1.29, 1.82) is 0 Å². The van der Waals surface area contributed by atoms with E-state index in [9.17, 15) is 18.4 Å². The molecule has 1 amide bonds. The monoisotopic (exact) mass is 470 g/mol. The van der Waals surface area contributed by atoms with Crippen LogP contribution < -0.4 is 26.9 Å².